The number of aryl methyl sites for hydroxylation is 1. The summed E-state index contributed by atoms with van der Waals surface area (Å²) in [7, 11) is -1.74. The van der Waals surface area contributed by atoms with Crippen molar-refractivity contribution in [3.05, 3.63) is 60.6 Å². The maximum Gasteiger partial charge on any atom is 0.249 e. The van der Waals surface area contributed by atoms with Crippen molar-refractivity contribution in [1.29, 1.82) is 0 Å². The van der Waals surface area contributed by atoms with Gasteiger partial charge < -0.3 is 5.32 Å². The van der Waals surface area contributed by atoms with Gasteiger partial charge >= 0.3 is 0 Å². The number of benzene rings is 1. The largest absolute Gasteiger partial charge is 0.363 e. The van der Waals surface area contributed by atoms with E-state index in [1.54, 1.807) is 10.9 Å². The van der Waals surface area contributed by atoms with E-state index in [9.17, 15) is 12.8 Å². The molecule has 0 radical (unpaired) electrons. The monoisotopic (exact) mass is 458 g/mol. The van der Waals surface area contributed by atoms with Gasteiger partial charge in [-0.15, -0.1) is 9.89 Å². The molecule has 14 heteroatoms. The maximum absolute atomic E-state index is 14.2. The summed E-state index contributed by atoms with van der Waals surface area (Å²) < 4.78 is 38.8. The Kier molecular flexibility index (Phi) is 5.68. The highest BCUT2D eigenvalue weighted by atomic mass is 32.2. The summed E-state index contributed by atoms with van der Waals surface area (Å²) in [5.74, 6) is -0.661. The second kappa shape index (κ2) is 8.58. The molecule has 0 spiro atoms. The van der Waals surface area contributed by atoms with E-state index in [4.69, 9.17) is 0 Å². The average Bonchev–Trinajstić information content (AvgIpc) is 3.36. The molecule has 0 bridgehead atoms. The van der Waals surface area contributed by atoms with Gasteiger partial charge in [0.15, 0.2) is 11.6 Å². The van der Waals surface area contributed by atoms with Gasteiger partial charge in [-0.1, -0.05) is 18.2 Å². The van der Waals surface area contributed by atoms with Crippen LogP contribution in [0.5, 0.6) is 0 Å². The van der Waals surface area contributed by atoms with Crippen molar-refractivity contribution in [2.45, 2.75) is 6.54 Å². The lowest BCUT2D eigenvalue weighted by atomic mass is 10.1. The highest BCUT2D eigenvalue weighted by molar-refractivity contribution is 7.91. The number of hydrogen-bond acceptors (Lipinski definition) is 9. The summed E-state index contributed by atoms with van der Waals surface area (Å²) in [6.45, 7) is 0.313. The van der Waals surface area contributed by atoms with Crippen LogP contribution in [0.15, 0.2) is 49.2 Å². The van der Waals surface area contributed by atoms with Gasteiger partial charge in [-0.3, -0.25) is 10.00 Å². The molecular formula is C18H19FN10O2S. The minimum Gasteiger partial charge on any atom is -0.363 e. The van der Waals surface area contributed by atoms with Crippen molar-refractivity contribution in [2.75, 3.05) is 21.7 Å². The highest BCUT2D eigenvalue weighted by Gasteiger charge is 2.12. The van der Waals surface area contributed by atoms with Gasteiger partial charge in [0.1, 0.15) is 6.33 Å². The second-order valence-electron chi connectivity index (χ2n) is 6.83. The topological polar surface area (TPSA) is 145 Å². The molecule has 0 saturated carbocycles. The number of rotatable bonds is 8. The maximum atomic E-state index is 14.2. The predicted molar refractivity (Wildman–Crippen MR) is 115 cm³/mol. The van der Waals surface area contributed by atoms with Gasteiger partial charge in [0.2, 0.25) is 21.9 Å². The number of anilines is 3. The Hall–Kier alpha value is -4.07. The lowest BCUT2D eigenvalue weighted by molar-refractivity contribution is 0.598. The van der Waals surface area contributed by atoms with Crippen molar-refractivity contribution < 1.29 is 12.8 Å². The number of hydrogen-bond donors (Lipinski definition) is 3. The molecule has 4 aromatic rings. The van der Waals surface area contributed by atoms with E-state index in [0.29, 0.717) is 6.54 Å². The molecule has 0 aliphatic rings. The van der Waals surface area contributed by atoms with Crippen molar-refractivity contribution >= 4 is 27.7 Å². The molecule has 0 aliphatic heterocycles. The Balaban J connectivity index is 1.48. The van der Waals surface area contributed by atoms with Gasteiger partial charge in [-0.25, -0.2) is 22.6 Å². The normalized spacial score (nSPS) is 11.3. The van der Waals surface area contributed by atoms with E-state index in [0.717, 1.165) is 40.3 Å². The Bertz CT molecular complexity index is 1350. The summed E-state index contributed by atoms with van der Waals surface area (Å²) in [6, 6.07) is 7.75. The molecule has 0 fully saturated rings. The minimum absolute atomic E-state index is 0.00237. The third-order valence-corrected chi connectivity index (χ3v) is 4.70. The third kappa shape index (κ3) is 5.15. The molecule has 32 heavy (non-hydrogen) atoms. The van der Waals surface area contributed by atoms with Crippen molar-refractivity contribution in [3.8, 4) is 11.1 Å². The number of nitrogens with one attached hydrogen (secondary N) is 3. The lowest BCUT2D eigenvalue weighted by Gasteiger charge is -2.11. The van der Waals surface area contributed by atoms with Crippen LogP contribution < -0.4 is 15.5 Å². The van der Waals surface area contributed by atoms with Gasteiger partial charge in [0.05, 0.1) is 18.6 Å². The summed E-state index contributed by atoms with van der Waals surface area (Å²) >= 11 is 0. The smallest absolute Gasteiger partial charge is 0.249 e. The average molecular weight is 458 g/mol. The van der Waals surface area contributed by atoms with Crippen LogP contribution >= 0.6 is 0 Å². The standard InChI is InChI=1S/C18H19FN10O2S/c1-28-10-14(8-23-28)13-5-3-4-12(6-13)7-20-16-15(19)9-21-17(25-16)26-18-22-11-24-29(18)27-32(2,30)31/h3-6,8-11,27H,7H2,1-2H3,(H2,20,21,22,24,25,26). The summed E-state index contributed by atoms with van der Waals surface area (Å²) in [4.78, 5) is 14.9. The van der Waals surface area contributed by atoms with Crippen molar-refractivity contribution in [3.63, 3.8) is 0 Å². The Morgan fingerprint density at radius 2 is 1.97 bits per heavy atom. The number of sulfonamides is 1. The first kappa shape index (κ1) is 21.2. The predicted octanol–water partition coefficient (Wildman–Crippen LogP) is 1.47. The van der Waals surface area contributed by atoms with E-state index in [1.807, 2.05) is 37.5 Å². The number of aromatic nitrogens is 7. The number of halogens is 1. The van der Waals surface area contributed by atoms with Crippen LogP contribution in [-0.4, -0.2) is 49.3 Å². The molecule has 0 unspecified atom stereocenters. The summed E-state index contributed by atoms with van der Waals surface area (Å²) in [5, 5.41) is 13.6. The third-order valence-electron chi connectivity index (χ3n) is 4.19. The van der Waals surface area contributed by atoms with Gasteiger partial charge in [-0.2, -0.15) is 15.1 Å². The van der Waals surface area contributed by atoms with Crippen molar-refractivity contribution in [1.82, 2.24) is 34.6 Å². The van der Waals surface area contributed by atoms with Gasteiger partial charge in [0, 0.05) is 25.4 Å². The molecule has 1 aromatic carbocycles. The molecule has 166 valence electrons. The van der Waals surface area contributed by atoms with E-state index >= 15 is 0 Å². The minimum atomic E-state index is -3.59. The van der Waals surface area contributed by atoms with Crippen LogP contribution in [0.3, 0.4) is 0 Å². The van der Waals surface area contributed by atoms with E-state index in [1.165, 1.54) is 0 Å². The molecule has 0 aliphatic carbocycles. The van der Waals surface area contributed by atoms with Crippen LogP contribution in [0.4, 0.5) is 22.1 Å². The Morgan fingerprint density at radius 1 is 1.12 bits per heavy atom. The molecule has 0 saturated heterocycles. The van der Waals surface area contributed by atoms with E-state index < -0.39 is 15.8 Å². The van der Waals surface area contributed by atoms with E-state index in [2.05, 4.69) is 40.6 Å². The summed E-state index contributed by atoms with van der Waals surface area (Å²) in [5.41, 5.74) is 2.87. The van der Waals surface area contributed by atoms with Crippen LogP contribution in [0, 0.1) is 5.82 Å². The fourth-order valence-electron chi connectivity index (χ4n) is 2.82. The molecule has 3 heterocycles. The second-order valence-corrected chi connectivity index (χ2v) is 8.56. The molecule has 3 N–H and O–H groups in total. The quantitative estimate of drug-likeness (QED) is 0.357. The molecular weight excluding hydrogens is 439 g/mol. The SMILES string of the molecule is Cn1cc(-c2cccc(CNc3nc(Nc4ncnn4NS(C)(=O)=O)ncc3F)c2)cn1. The van der Waals surface area contributed by atoms with Crippen LogP contribution in [-0.2, 0) is 23.6 Å². The molecule has 0 amide bonds. The Morgan fingerprint density at radius 3 is 2.72 bits per heavy atom. The molecule has 3 aromatic heterocycles. The van der Waals surface area contributed by atoms with Crippen LogP contribution in [0.2, 0.25) is 0 Å². The number of nitrogens with zero attached hydrogens (tertiary/aromatic N) is 7. The molecule has 12 nitrogen and oxygen atoms in total. The van der Waals surface area contributed by atoms with Crippen LogP contribution in [0.1, 0.15) is 5.56 Å². The highest BCUT2D eigenvalue weighted by Crippen LogP contribution is 2.21. The lowest BCUT2D eigenvalue weighted by Crippen LogP contribution is -2.24. The fourth-order valence-corrected chi connectivity index (χ4v) is 3.27. The zero-order valence-corrected chi connectivity index (χ0v) is 17.9. The van der Waals surface area contributed by atoms with E-state index in [-0.39, 0.29) is 17.7 Å². The van der Waals surface area contributed by atoms with Crippen molar-refractivity contribution in [2.24, 2.45) is 7.05 Å². The first-order valence-corrected chi connectivity index (χ1v) is 11.2. The summed E-state index contributed by atoms with van der Waals surface area (Å²) in [6.07, 6.45) is 6.78. The Labute approximate surface area is 182 Å². The molecule has 4 rings (SSSR count). The zero-order chi connectivity index (χ0) is 22.7. The first-order valence-electron chi connectivity index (χ1n) is 9.26. The van der Waals surface area contributed by atoms with Gasteiger partial charge in [-0.05, 0) is 17.2 Å². The zero-order valence-electron chi connectivity index (χ0n) is 17.1. The molecule has 0 atom stereocenters. The van der Waals surface area contributed by atoms with Crippen LogP contribution in [0.25, 0.3) is 11.1 Å². The fraction of sp³-hybridized carbons (Fsp3) is 0.167. The van der Waals surface area contributed by atoms with Gasteiger partial charge in [0.25, 0.3) is 0 Å². The first-order chi connectivity index (χ1) is 15.3.